The molecule has 0 atom stereocenters. The monoisotopic (exact) mass is 301 g/mol. The quantitative estimate of drug-likeness (QED) is 0.632. The fourth-order valence-electron chi connectivity index (χ4n) is 1.27. The van der Waals surface area contributed by atoms with Crippen LogP contribution in [0.4, 0.5) is 10.5 Å². The smallest absolute Gasteiger partial charge is 0.321 e. The molecule has 0 aromatic heterocycles. The first-order chi connectivity index (χ1) is 9.43. The molecule has 0 spiro atoms. The zero-order valence-electron chi connectivity index (χ0n) is 10.5. The highest BCUT2D eigenvalue weighted by molar-refractivity contribution is 6.30. The summed E-state index contributed by atoms with van der Waals surface area (Å²) >= 11 is 5.64. The molecule has 1 aromatic rings. The van der Waals surface area contributed by atoms with Gasteiger partial charge in [0.25, 0.3) is 5.91 Å². The Balaban J connectivity index is 2.64. The predicted molar refractivity (Wildman–Crippen MR) is 70.8 cm³/mol. The molecular weight excluding hydrogens is 290 g/mol. The lowest BCUT2D eigenvalue weighted by Crippen LogP contribution is -2.41. The van der Waals surface area contributed by atoms with E-state index in [2.05, 4.69) is 5.32 Å². The number of imide groups is 1. The fourth-order valence-corrected chi connectivity index (χ4v) is 1.43. The minimum Gasteiger partial charge on any atom is -0.477 e. The van der Waals surface area contributed by atoms with Crippen molar-refractivity contribution in [1.29, 1.82) is 0 Å². The van der Waals surface area contributed by atoms with E-state index in [0.29, 0.717) is 6.54 Å². The van der Waals surface area contributed by atoms with Crippen molar-refractivity contribution in [2.24, 2.45) is 0 Å². The van der Waals surface area contributed by atoms with Crippen molar-refractivity contribution in [3.05, 3.63) is 33.3 Å². The SMILES string of the molecule is CCNC(=O)NC(=O)COc1ccc(Cl)cc1[N+](=O)[O-]. The van der Waals surface area contributed by atoms with Crippen LogP contribution in [0.3, 0.4) is 0 Å². The van der Waals surface area contributed by atoms with Crippen molar-refractivity contribution in [1.82, 2.24) is 10.6 Å². The Morgan fingerprint density at radius 3 is 2.75 bits per heavy atom. The summed E-state index contributed by atoms with van der Waals surface area (Å²) < 4.78 is 5.00. The molecule has 0 radical (unpaired) electrons. The molecular formula is C11H12ClN3O5. The lowest BCUT2D eigenvalue weighted by atomic mass is 10.3. The number of nitrogens with zero attached hydrogens (tertiary/aromatic N) is 1. The molecule has 0 heterocycles. The number of amides is 3. The Morgan fingerprint density at radius 2 is 2.15 bits per heavy atom. The van der Waals surface area contributed by atoms with Crippen LogP contribution in [0, 0.1) is 10.1 Å². The molecule has 8 nitrogen and oxygen atoms in total. The lowest BCUT2D eigenvalue weighted by molar-refractivity contribution is -0.385. The van der Waals surface area contributed by atoms with E-state index in [1.807, 2.05) is 5.32 Å². The minimum atomic E-state index is -0.722. The average molecular weight is 302 g/mol. The van der Waals surface area contributed by atoms with E-state index >= 15 is 0 Å². The molecule has 1 aromatic carbocycles. The van der Waals surface area contributed by atoms with Gasteiger partial charge in [-0.2, -0.15) is 0 Å². The first-order valence-corrected chi connectivity index (χ1v) is 5.96. The van der Waals surface area contributed by atoms with Gasteiger partial charge in [0.2, 0.25) is 0 Å². The fraction of sp³-hybridized carbons (Fsp3) is 0.273. The van der Waals surface area contributed by atoms with Gasteiger partial charge in [-0.25, -0.2) is 4.79 Å². The third-order valence-electron chi connectivity index (χ3n) is 2.07. The summed E-state index contributed by atoms with van der Waals surface area (Å²) in [4.78, 5) is 32.5. The van der Waals surface area contributed by atoms with Crippen molar-refractivity contribution < 1.29 is 19.2 Å². The second kappa shape index (κ2) is 7.29. The summed E-state index contributed by atoms with van der Waals surface area (Å²) in [5.74, 6) is -0.828. The van der Waals surface area contributed by atoms with Gasteiger partial charge in [-0.1, -0.05) is 11.6 Å². The van der Waals surface area contributed by atoms with E-state index in [1.165, 1.54) is 12.1 Å². The van der Waals surface area contributed by atoms with Crippen LogP contribution in [0.25, 0.3) is 0 Å². The summed E-state index contributed by atoms with van der Waals surface area (Å²) in [7, 11) is 0. The Labute approximate surface area is 119 Å². The number of urea groups is 1. The largest absolute Gasteiger partial charge is 0.477 e. The van der Waals surface area contributed by atoms with Gasteiger partial charge in [0, 0.05) is 17.6 Å². The maximum atomic E-state index is 11.4. The maximum absolute atomic E-state index is 11.4. The van der Waals surface area contributed by atoms with Crippen molar-refractivity contribution in [3.8, 4) is 5.75 Å². The van der Waals surface area contributed by atoms with Crippen LogP contribution in [-0.2, 0) is 4.79 Å². The second-order valence-electron chi connectivity index (χ2n) is 3.57. The van der Waals surface area contributed by atoms with Gasteiger partial charge in [0.05, 0.1) is 4.92 Å². The van der Waals surface area contributed by atoms with E-state index in [1.54, 1.807) is 6.92 Å². The number of rotatable bonds is 5. The number of carbonyl (C=O) groups is 2. The predicted octanol–water partition coefficient (Wildman–Crippen LogP) is 1.47. The van der Waals surface area contributed by atoms with Gasteiger partial charge in [-0.15, -0.1) is 0 Å². The molecule has 2 N–H and O–H groups in total. The number of hydrogen-bond acceptors (Lipinski definition) is 5. The Kier molecular flexibility index (Phi) is 5.73. The number of halogens is 1. The summed E-state index contributed by atoms with van der Waals surface area (Å²) in [6.07, 6.45) is 0. The van der Waals surface area contributed by atoms with E-state index in [0.717, 1.165) is 6.07 Å². The molecule has 0 fully saturated rings. The van der Waals surface area contributed by atoms with Gasteiger partial charge in [0.1, 0.15) is 0 Å². The van der Waals surface area contributed by atoms with Gasteiger partial charge in [0.15, 0.2) is 12.4 Å². The number of carbonyl (C=O) groups excluding carboxylic acids is 2. The van der Waals surface area contributed by atoms with E-state index in [9.17, 15) is 19.7 Å². The number of hydrogen-bond donors (Lipinski definition) is 2. The number of benzene rings is 1. The number of ether oxygens (including phenoxy) is 1. The van der Waals surface area contributed by atoms with Crippen molar-refractivity contribution >= 4 is 29.2 Å². The zero-order chi connectivity index (χ0) is 15.1. The van der Waals surface area contributed by atoms with E-state index in [-0.39, 0.29) is 16.5 Å². The van der Waals surface area contributed by atoms with Gasteiger partial charge >= 0.3 is 11.7 Å². The molecule has 20 heavy (non-hydrogen) atoms. The van der Waals surface area contributed by atoms with Crippen molar-refractivity contribution in [2.75, 3.05) is 13.2 Å². The van der Waals surface area contributed by atoms with Gasteiger partial charge in [-0.3, -0.25) is 20.2 Å². The molecule has 1 rings (SSSR count). The number of nitro groups is 1. The molecule has 0 saturated carbocycles. The van der Waals surface area contributed by atoms with Crippen LogP contribution >= 0.6 is 11.6 Å². The first-order valence-electron chi connectivity index (χ1n) is 5.58. The molecule has 0 aliphatic heterocycles. The third-order valence-corrected chi connectivity index (χ3v) is 2.30. The van der Waals surface area contributed by atoms with Gasteiger partial charge in [-0.05, 0) is 19.1 Å². The molecule has 0 bridgehead atoms. The normalized spacial score (nSPS) is 9.70. The van der Waals surface area contributed by atoms with Crippen LogP contribution in [-0.4, -0.2) is 30.0 Å². The van der Waals surface area contributed by atoms with E-state index < -0.39 is 23.5 Å². The maximum Gasteiger partial charge on any atom is 0.321 e. The van der Waals surface area contributed by atoms with Crippen molar-refractivity contribution in [2.45, 2.75) is 6.92 Å². The first kappa shape index (κ1) is 15.7. The average Bonchev–Trinajstić information content (AvgIpc) is 2.37. The topological polar surface area (TPSA) is 111 Å². The standard InChI is InChI=1S/C11H12ClN3O5/c1-2-13-11(17)14-10(16)6-20-9-4-3-7(12)5-8(9)15(18)19/h3-5H,2,6H2,1H3,(H2,13,14,16,17). The number of nitrogens with one attached hydrogen (secondary N) is 2. The second-order valence-corrected chi connectivity index (χ2v) is 4.00. The van der Waals surface area contributed by atoms with E-state index in [4.69, 9.17) is 16.3 Å². The van der Waals surface area contributed by atoms with Crippen LogP contribution in [0.1, 0.15) is 6.92 Å². The Bertz CT molecular complexity index is 535. The highest BCUT2D eigenvalue weighted by Crippen LogP contribution is 2.29. The van der Waals surface area contributed by atoms with Crippen LogP contribution in [0.15, 0.2) is 18.2 Å². The van der Waals surface area contributed by atoms with Crippen LogP contribution in [0.5, 0.6) is 5.75 Å². The molecule has 9 heteroatoms. The minimum absolute atomic E-state index is 0.106. The summed E-state index contributed by atoms with van der Waals surface area (Å²) in [6.45, 7) is 1.53. The molecule has 0 aliphatic rings. The highest BCUT2D eigenvalue weighted by atomic mass is 35.5. The lowest BCUT2D eigenvalue weighted by Gasteiger charge is -2.07. The number of nitro benzene ring substituents is 1. The third kappa shape index (κ3) is 4.73. The summed E-state index contributed by atoms with van der Waals surface area (Å²) in [5.41, 5.74) is -0.358. The van der Waals surface area contributed by atoms with Crippen LogP contribution < -0.4 is 15.4 Å². The Hall–Kier alpha value is -2.35. The Morgan fingerprint density at radius 1 is 1.45 bits per heavy atom. The van der Waals surface area contributed by atoms with Crippen molar-refractivity contribution in [3.63, 3.8) is 0 Å². The molecule has 0 saturated heterocycles. The highest BCUT2D eigenvalue weighted by Gasteiger charge is 2.17. The summed E-state index contributed by atoms with van der Waals surface area (Å²) in [6, 6.07) is 3.12. The molecule has 108 valence electrons. The van der Waals surface area contributed by atoms with Gasteiger partial charge < -0.3 is 10.1 Å². The molecule has 3 amide bonds. The zero-order valence-corrected chi connectivity index (χ0v) is 11.3. The molecule has 0 unspecified atom stereocenters. The van der Waals surface area contributed by atoms with Crippen LogP contribution in [0.2, 0.25) is 5.02 Å². The molecule has 0 aliphatic carbocycles. The summed E-state index contributed by atoms with van der Waals surface area (Å²) in [5, 5.41) is 15.3.